The van der Waals surface area contributed by atoms with Crippen molar-refractivity contribution in [2.75, 3.05) is 20.2 Å². The third-order valence-corrected chi connectivity index (χ3v) is 4.64. The first-order valence-corrected chi connectivity index (χ1v) is 7.39. The summed E-state index contributed by atoms with van der Waals surface area (Å²) in [5.41, 5.74) is 0. The molecule has 0 bridgehead atoms. The zero-order valence-corrected chi connectivity index (χ0v) is 11.9. The van der Waals surface area contributed by atoms with Crippen LogP contribution in [-0.4, -0.2) is 51.9 Å². The van der Waals surface area contributed by atoms with E-state index >= 15 is 0 Å². The molecule has 0 aromatic carbocycles. The van der Waals surface area contributed by atoms with Gasteiger partial charge in [0.15, 0.2) is 0 Å². The van der Waals surface area contributed by atoms with Crippen LogP contribution in [-0.2, 0) is 16.1 Å². The highest BCUT2D eigenvalue weighted by Gasteiger charge is 2.42. The van der Waals surface area contributed by atoms with Crippen molar-refractivity contribution in [3.8, 4) is 0 Å². The number of nitrogens with zero attached hydrogens (tertiary/aromatic N) is 4. The number of hydrogen-bond donors (Lipinski definition) is 0. The summed E-state index contributed by atoms with van der Waals surface area (Å²) >= 11 is 0. The van der Waals surface area contributed by atoms with Crippen molar-refractivity contribution in [2.24, 2.45) is 11.8 Å². The third kappa shape index (κ3) is 2.85. The normalized spacial score (nSPS) is 28.9. The Balaban J connectivity index is 1.41. The Labute approximate surface area is 119 Å². The molecule has 0 spiro atoms. The zero-order chi connectivity index (χ0) is 13.9. The fraction of sp³-hybridized carbons (Fsp3) is 0.786. The number of aryl methyl sites for hydroxylation is 1. The Bertz CT molecular complexity index is 434. The minimum absolute atomic E-state index is 0.286. The van der Waals surface area contributed by atoms with Crippen molar-refractivity contribution in [2.45, 2.75) is 38.3 Å². The molecule has 1 aliphatic heterocycles. The van der Waals surface area contributed by atoms with Crippen LogP contribution < -0.4 is 0 Å². The first-order chi connectivity index (χ1) is 9.76. The third-order valence-electron chi connectivity index (χ3n) is 4.64. The number of amides is 1. The van der Waals surface area contributed by atoms with Crippen LogP contribution in [0, 0.1) is 11.8 Å². The highest BCUT2D eigenvalue weighted by molar-refractivity contribution is 5.76. The Morgan fingerprint density at radius 1 is 1.35 bits per heavy atom. The molecule has 2 aliphatic rings. The van der Waals surface area contributed by atoms with Gasteiger partial charge in [0, 0.05) is 33.2 Å². The maximum Gasteiger partial charge on any atom is 0.222 e. The molecule has 3 atom stereocenters. The van der Waals surface area contributed by atoms with Crippen LogP contribution in [0.2, 0.25) is 0 Å². The predicted molar refractivity (Wildman–Crippen MR) is 72.8 cm³/mol. The lowest BCUT2D eigenvalue weighted by atomic mass is 10.0. The lowest BCUT2D eigenvalue weighted by Crippen LogP contribution is -2.30. The molecule has 3 rings (SSSR count). The Hall–Kier alpha value is -1.43. The van der Waals surface area contributed by atoms with Gasteiger partial charge < -0.3 is 9.64 Å². The summed E-state index contributed by atoms with van der Waals surface area (Å²) in [6, 6.07) is 0. The van der Waals surface area contributed by atoms with Crippen LogP contribution in [0.5, 0.6) is 0 Å². The molecular weight excluding hydrogens is 256 g/mol. The van der Waals surface area contributed by atoms with E-state index in [1.54, 1.807) is 18.1 Å². The Kier molecular flexibility index (Phi) is 4.00. The number of fused-ring (bicyclic) bond motifs is 1. The van der Waals surface area contributed by atoms with E-state index in [-0.39, 0.29) is 5.91 Å². The molecule has 1 saturated heterocycles. The topological polar surface area (TPSA) is 60.2 Å². The molecule has 2 fully saturated rings. The molecule has 1 aliphatic carbocycles. The summed E-state index contributed by atoms with van der Waals surface area (Å²) in [7, 11) is 1.79. The van der Waals surface area contributed by atoms with Gasteiger partial charge in [0.25, 0.3) is 0 Å². The zero-order valence-electron chi connectivity index (χ0n) is 11.9. The second kappa shape index (κ2) is 5.91. The van der Waals surface area contributed by atoms with Gasteiger partial charge in [-0.25, -0.2) is 4.98 Å². The average molecular weight is 278 g/mol. The van der Waals surface area contributed by atoms with Crippen LogP contribution in [0.3, 0.4) is 0 Å². The minimum atomic E-state index is 0.286. The lowest BCUT2D eigenvalue weighted by Gasteiger charge is -2.19. The van der Waals surface area contributed by atoms with Crippen molar-refractivity contribution in [3.63, 3.8) is 0 Å². The van der Waals surface area contributed by atoms with E-state index < -0.39 is 0 Å². The largest absolute Gasteiger partial charge is 0.381 e. The van der Waals surface area contributed by atoms with Crippen LogP contribution >= 0.6 is 0 Å². The molecule has 1 unspecified atom stereocenters. The molecule has 110 valence electrons. The van der Waals surface area contributed by atoms with Crippen LogP contribution in [0.1, 0.15) is 25.7 Å². The molecule has 1 amide bonds. The van der Waals surface area contributed by atoms with Crippen LogP contribution in [0.4, 0.5) is 0 Å². The molecule has 1 aromatic heterocycles. The lowest BCUT2D eigenvalue weighted by molar-refractivity contribution is -0.130. The summed E-state index contributed by atoms with van der Waals surface area (Å²) in [5.74, 6) is 1.59. The highest BCUT2D eigenvalue weighted by Crippen LogP contribution is 2.39. The van der Waals surface area contributed by atoms with Gasteiger partial charge in [0.2, 0.25) is 5.91 Å². The molecule has 1 saturated carbocycles. The summed E-state index contributed by atoms with van der Waals surface area (Å²) in [5, 5.41) is 4.04. The molecule has 0 radical (unpaired) electrons. The van der Waals surface area contributed by atoms with Gasteiger partial charge in [-0.1, -0.05) is 0 Å². The first-order valence-electron chi connectivity index (χ1n) is 7.39. The van der Waals surface area contributed by atoms with Gasteiger partial charge in [-0.2, -0.15) is 5.10 Å². The summed E-state index contributed by atoms with van der Waals surface area (Å²) in [6.07, 6.45) is 7.29. The summed E-state index contributed by atoms with van der Waals surface area (Å²) < 4.78 is 7.20. The number of carbonyl (C=O) groups excluding carboxylic acids is 1. The second-order valence-electron chi connectivity index (χ2n) is 5.91. The minimum Gasteiger partial charge on any atom is -0.381 e. The second-order valence-corrected chi connectivity index (χ2v) is 5.91. The van der Waals surface area contributed by atoms with Gasteiger partial charge >= 0.3 is 0 Å². The average Bonchev–Trinajstić information content (AvgIpc) is 3.13. The van der Waals surface area contributed by atoms with E-state index in [1.807, 2.05) is 4.90 Å². The molecule has 1 aromatic rings. The number of carbonyl (C=O) groups is 1. The first kappa shape index (κ1) is 13.5. The quantitative estimate of drug-likeness (QED) is 0.804. The SMILES string of the molecule is COC1C[C@@H]2CN(C(=O)CCCn3cncn3)C[C@@H]2C1. The van der Waals surface area contributed by atoms with Gasteiger partial charge in [0.05, 0.1) is 6.10 Å². The van der Waals surface area contributed by atoms with E-state index in [1.165, 1.54) is 6.33 Å². The van der Waals surface area contributed by atoms with E-state index in [0.717, 1.165) is 38.9 Å². The summed E-state index contributed by atoms with van der Waals surface area (Å²) in [4.78, 5) is 18.1. The van der Waals surface area contributed by atoms with E-state index in [0.29, 0.717) is 24.4 Å². The van der Waals surface area contributed by atoms with E-state index in [9.17, 15) is 4.79 Å². The molecule has 2 heterocycles. The number of hydrogen-bond acceptors (Lipinski definition) is 4. The fourth-order valence-corrected chi connectivity index (χ4v) is 3.54. The molecule has 0 N–H and O–H groups in total. The van der Waals surface area contributed by atoms with Crippen molar-refractivity contribution < 1.29 is 9.53 Å². The Morgan fingerprint density at radius 2 is 2.10 bits per heavy atom. The predicted octanol–water partition coefficient (Wildman–Crippen LogP) is 0.942. The smallest absolute Gasteiger partial charge is 0.222 e. The van der Waals surface area contributed by atoms with Crippen molar-refractivity contribution in [1.29, 1.82) is 0 Å². The van der Waals surface area contributed by atoms with Crippen molar-refractivity contribution >= 4 is 5.91 Å². The van der Waals surface area contributed by atoms with Crippen molar-refractivity contribution in [1.82, 2.24) is 19.7 Å². The molecule has 6 nitrogen and oxygen atoms in total. The number of rotatable bonds is 5. The number of likely N-dealkylation sites (tertiary alicyclic amines) is 1. The fourth-order valence-electron chi connectivity index (χ4n) is 3.54. The van der Waals surface area contributed by atoms with Gasteiger partial charge in [-0.05, 0) is 31.1 Å². The number of ether oxygens (including phenoxy) is 1. The van der Waals surface area contributed by atoms with Gasteiger partial charge in [-0.15, -0.1) is 0 Å². The maximum atomic E-state index is 12.2. The monoisotopic (exact) mass is 278 g/mol. The highest BCUT2D eigenvalue weighted by atomic mass is 16.5. The summed E-state index contributed by atoms with van der Waals surface area (Å²) in [6.45, 7) is 2.61. The van der Waals surface area contributed by atoms with Gasteiger partial charge in [0.1, 0.15) is 12.7 Å². The molecular formula is C14H22N4O2. The van der Waals surface area contributed by atoms with Gasteiger partial charge in [-0.3, -0.25) is 9.48 Å². The molecule has 6 heteroatoms. The van der Waals surface area contributed by atoms with E-state index in [4.69, 9.17) is 4.74 Å². The molecule has 20 heavy (non-hydrogen) atoms. The number of methoxy groups -OCH3 is 1. The van der Waals surface area contributed by atoms with Crippen LogP contribution in [0.15, 0.2) is 12.7 Å². The Morgan fingerprint density at radius 3 is 2.70 bits per heavy atom. The maximum absolute atomic E-state index is 12.2. The van der Waals surface area contributed by atoms with E-state index in [2.05, 4.69) is 10.1 Å². The standard InChI is InChI=1S/C14H22N4O2/c1-20-13-5-11-7-17(8-12(11)6-13)14(19)3-2-4-18-10-15-9-16-18/h9-13H,2-8H2,1H3/t11-,12+,13?. The van der Waals surface area contributed by atoms with Crippen LogP contribution in [0.25, 0.3) is 0 Å². The van der Waals surface area contributed by atoms with Crippen molar-refractivity contribution in [3.05, 3.63) is 12.7 Å². The number of aromatic nitrogens is 3.